The summed E-state index contributed by atoms with van der Waals surface area (Å²) in [6, 6.07) is 21.4. The van der Waals surface area contributed by atoms with Crippen LogP contribution in [0.5, 0.6) is 17.2 Å². The molecule has 6 heterocycles. The lowest BCUT2D eigenvalue weighted by Crippen LogP contribution is -2.49. The Morgan fingerprint density at radius 3 is 2.24 bits per heavy atom. The van der Waals surface area contributed by atoms with Crippen LogP contribution in [0.15, 0.2) is 101 Å². The second-order valence-corrected chi connectivity index (χ2v) is 13.3. The summed E-state index contributed by atoms with van der Waals surface area (Å²) in [6.07, 6.45) is 3.63. The Morgan fingerprint density at radius 1 is 0.782 bits per heavy atom. The summed E-state index contributed by atoms with van der Waals surface area (Å²) in [5, 5.41) is 16.4. The van der Waals surface area contributed by atoms with Crippen LogP contribution in [0.2, 0.25) is 0 Å². The third kappa shape index (κ3) is 8.37. The lowest BCUT2D eigenvalue weighted by molar-refractivity contribution is -0.0512. The lowest BCUT2D eigenvalue weighted by Gasteiger charge is -2.33. The minimum Gasteiger partial charge on any atom is -0.504 e. The van der Waals surface area contributed by atoms with E-state index < -0.39 is 18.2 Å². The quantitative estimate of drug-likeness (QED) is 0.205. The van der Waals surface area contributed by atoms with Gasteiger partial charge in [0, 0.05) is 87.5 Å². The SMILES string of the molecule is COc1ccc(-c2cc(=O)n3cc(N4CCNCC4)ccc3c2)cc1F.C[C@H]1CN(c2ccc3nc(-c4ccc(O)c(OC(F)F)c4)cc(=O)n3c2)CCN1. The van der Waals surface area contributed by atoms with Gasteiger partial charge in [-0.25, -0.2) is 9.37 Å². The number of hydrogen-bond acceptors (Lipinski definition) is 10. The molecule has 6 aromatic rings. The maximum Gasteiger partial charge on any atom is 0.387 e. The van der Waals surface area contributed by atoms with Gasteiger partial charge >= 0.3 is 6.61 Å². The number of methoxy groups -OCH3 is 1. The summed E-state index contributed by atoms with van der Waals surface area (Å²) in [4.78, 5) is 34.3. The first kappa shape index (κ1) is 37.3. The molecular weight excluding hydrogens is 715 g/mol. The molecule has 286 valence electrons. The maximum absolute atomic E-state index is 14.0. The molecule has 2 aliphatic heterocycles. The second-order valence-electron chi connectivity index (χ2n) is 13.3. The molecule has 0 unspecified atom stereocenters. The highest BCUT2D eigenvalue weighted by Gasteiger charge is 2.18. The van der Waals surface area contributed by atoms with Gasteiger partial charge < -0.3 is 35.0 Å². The fraction of sp³-hybridized carbons (Fsp3) is 0.275. The van der Waals surface area contributed by atoms with Gasteiger partial charge in [0.25, 0.3) is 11.1 Å². The predicted octanol–water partition coefficient (Wildman–Crippen LogP) is 4.99. The van der Waals surface area contributed by atoms with Crippen LogP contribution in [0.25, 0.3) is 33.5 Å². The van der Waals surface area contributed by atoms with E-state index in [1.165, 1.54) is 47.9 Å². The molecule has 8 rings (SSSR count). The minimum absolute atomic E-state index is 0.134. The van der Waals surface area contributed by atoms with Gasteiger partial charge in [0.05, 0.1) is 24.2 Å². The van der Waals surface area contributed by atoms with Crippen LogP contribution in [0.4, 0.5) is 24.5 Å². The third-order valence-electron chi connectivity index (χ3n) is 9.60. The van der Waals surface area contributed by atoms with E-state index in [9.17, 15) is 27.9 Å². The fourth-order valence-electron chi connectivity index (χ4n) is 6.79. The fourth-order valence-corrected chi connectivity index (χ4v) is 6.79. The molecule has 2 aliphatic rings. The van der Waals surface area contributed by atoms with E-state index in [0.29, 0.717) is 34.1 Å². The van der Waals surface area contributed by atoms with Crippen molar-refractivity contribution in [1.29, 1.82) is 0 Å². The van der Waals surface area contributed by atoms with E-state index in [1.54, 1.807) is 28.8 Å². The highest BCUT2D eigenvalue weighted by Crippen LogP contribution is 2.32. The number of benzene rings is 2. The molecular formula is C40H40F3N7O5. The molecule has 0 saturated carbocycles. The number of nitrogens with one attached hydrogen (secondary N) is 2. The molecule has 55 heavy (non-hydrogen) atoms. The molecule has 2 saturated heterocycles. The normalized spacial score (nSPS) is 15.9. The molecule has 12 nitrogen and oxygen atoms in total. The van der Waals surface area contributed by atoms with Crippen molar-refractivity contribution >= 4 is 22.5 Å². The molecule has 0 amide bonds. The molecule has 15 heteroatoms. The summed E-state index contributed by atoms with van der Waals surface area (Å²) in [5.74, 6) is -1.05. The Hall–Kier alpha value is -6.06. The van der Waals surface area contributed by atoms with Gasteiger partial charge in [-0.3, -0.25) is 18.4 Å². The van der Waals surface area contributed by atoms with E-state index >= 15 is 0 Å². The number of ether oxygens (including phenoxy) is 2. The van der Waals surface area contributed by atoms with Gasteiger partial charge in [0.1, 0.15) is 5.65 Å². The van der Waals surface area contributed by atoms with Crippen molar-refractivity contribution in [2.24, 2.45) is 0 Å². The predicted molar refractivity (Wildman–Crippen MR) is 206 cm³/mol. The van der Waals surface area contributed by atoms with Crippen molar-refractivity contribution in [2.75, 3.05) is 62.7 Å². The minimum atomic E-state index is -3.07. The first-order valence-corrected chi connectivity index (χ1v) is 17.8. The third-order valence-corrected chi connectivity index (χ3v) is 9.60. The van der Waals surface area contributed by atoms with Gasteiger partial charge in [-0.1, -0.05) is 6.07 Å². The van der Waals surface area contributed by atoms with E-state index in [1.807, 2.05) is 30.5 Å². The smallest absolute Gasteiger partial charge is 0.387 e. The highest BCUT2D eigenvalue weighted by molar-refractivity contribution is 5.70. The van der Waals surface area contributed by atoms with Crippen LogP contribution in [0.3, 0.4) is 0 Å². The number of alkyl halides is 2. The van der Waals surface area contributed by atoms with Crippen LogP contribution < -0.4 is 41.0 Å². The topological polar surface area (TPSA) is 125 Å². The van der Waals surface area contributed by atoms with E-state index in [2.05, 4.69) is 37.1 Å². The van der Waals surface area contributed by atoms with Gasteiger partial charge in [0.15, 0.2) is 23.1 Å². The van der Waals surface area contributed by atoms with Gasteiger partial charge in [-0.2, -0.15) is 8.78 Å². The monoisotopic (exact) mass is 755 g/mol. The summed E-state index contributed by atoms with van der Waals surface area (Å²) in [6.45, 7) is 5.31. The van der Waals surface area contributed by atoms with E-state index in [4.69, 9.17) is 4.74 Å². The average Bonchev–Trinajstić information content (AvgIpc) is 3.19. The number of aromatic hydroxyl groups is 1. The number of hydrogen-bond donors (Lipinski definition) is 3. The van der Waals surface area contributed by atoms with E-state index in [0.717, 1.165) is 62.7 Å². The van der Waals surface area contributed by atoms with Crippen molar-refractivity contribution in [3.05, 3.63) is 118 Å². The van der Waals surface area contributed by atoms with Crippen molar-refractivity contribution < 1.29 is 27.8 Å². The molecule has 0 radical (unpaired) electrons. The molecule has 3 N–H and O–H groups in total. The highest BCUT2D eigenvalue weighted by atomic mass is 19.3. The summed E-state index contributed by atoms with van der Waals surface area (Å²) < 4.78 is 51.4. The van der Waals surface area contributed by atoms with Crippen molar-refractivity contribution in [3.63, 3.8) is 0 Å². The van der Waals surface area contributed by atoms with Gasteiger partial charge in [-0.05, 0) is 78.7 Å². The summed E-state index contributed by atoms with van der Waals surface area (Å²) in [7, 11) is 1.43. The maximum atomic E-state index is 14.0. The number of phenols is 1. The molecule has 0 aliphatic carbocycles. The van der Waals surface area contributed by atoms with Crippen LogP contribution in [0, 0.1) is 5.82 Å². The first-order chi connectivity index (χ1) is 26.6. The van der Waals surface area contributed by atoms with Crippen molar-refractivity contribution in [3.8, 4) is 39.6 Å². The average molecular weight is 756 g/mol. The number of fused-ring (bicyclic) bond motifs is 2. The molecule has 2 aromatic carbocycles. The number of piperazine rings is 2. The van der Waals surface area contributed by atoms with Gasteiger partial charge in [0.2, 0.25) is 0 Å². The number of anilines is 2. The van der Waals surface area contributed by atoms with E-state index in [-0.39, 0.29) is 22.6 Å². The number of aromatic nitrogens is 3. The second kappa shape index (κ2) is 16.1. The number of halogens is 3. The Morgan fingerprint density at radius 2 is 1.49 bits per heavy atom. The molecule has 2 fully saturated rings. The molecule has 0 spiro atoms. The Bertz CT molecular complexity index is 2450. The number of phenolic OH excluding ortho intramolecular Hbond substituents is 1. The zero-order valence-corrected chi connectivity index (χ0v) is 30.2. The Kier molecular flexibility index (Phi) is 10.9. The van der Waals surface area contributed by atoms with Crippen LogP contribution in [-0.2, 0) is 0 Å². The Labute approximate surface area is 314 Å². The molecule has 4 aromatic heterocycles. The lowest BCUT2D eigenvalue weighted by atomic mass is 10.1. The molecule has 1 atom stereocenters. The standard InChI is InChI=1S/C20H20F2N4O3.C20H20FN3O2/c1-12-10-25(7-6-23-12)14-3-5-18-24-15(9-19(28)26(18)11-14)13-2-4-16(27)17(8-13)29-20(21)22;1-26-19-5-2-14(11-18(19)21)15-10-16-3-4-17(13-24(16)20(25)12-15)23-8-6-22-7-9-23/h2-5,8-9,11-12,20,23,27H,6-7,10H2,1H3;2-5,10-13,22H,6-9H2,1H3/t12-;/m0./s1. The van der Waals surface area contributed by atoms with Crippen LogP contribution in [0.1, 0.15) is 6.92 Å². The zero-order chi connectivity index (χ0) is 38.6. The van der Waals surface area contributed by atoms with Gasteiger partial charge in [-0.15, -0.1) is 0 Å². The zero-order valence-electron chi connectivity index (χ0n) is 30.2. The van der Waals surface area contributed by atoms with Crippen LogP contribution in [-0.4, -0.2) is 84.5 Å². The number of nitrogens with zero attached hydrogens (tertiary/aromatic N) is 5. The number of pyridine rings is 3. The first-order valence-electron chi connectivity index (χ1n) is 17.8. The van der Waals surface area contributed by atoms with Crippen LogP contribution >= 0.6 is 0 Å². The Balaban J connectivity index is 0.000000170. The largest absolute Gasteiger partial charge is 0.504 e. The number of rotatable bonds is 7. The summed E-state index contributed by atoms with van der Waals surface area (Å²) >= 11 is 0. The summed E-state index contributed by atoms with van der Waals surface area (Å²) in [5.41, 5.74) is 4.77. The van der Waals surface area contributed by atoms with Crippen molar-refractivity contribution in [1.82, 2.24) is 24.4 Å². The van der Waals surface area contributed by atoms with Crippen molar-refractivity contribution in [2.45, 2.75) is 19.6 Å². The molecule has 0 bridgehead atoms.